The van der Waals surface area contributed by atoms with Crippen LogP contribution in [0.4, 0.5) is 16.2 Å². The van der Waals surface area contributed by atoms with Gasteiger partial charge in [-0.3, -0.25) is 9.69 Å². The number of benzene rings is 3. The van der Waals surface area contributed by atoms with Gasteiger partial charge in [0.25, 0.3) is 5.91 Å². The number of ether oxygens (including phenoxy) is 1. The second-order valence-corrected chi connectivity index (χ2v) is 12.7. The molecule has 0 aliphatic carbocycles. The molecule has 228 valence electrons. The van der Waals surface area contributed by atoms with Crippen LogP contribution in [0.15, 0.2) is 71.6 Å². The molecule has 1 aliphatic rings. The van der Waals surface area contributed by atoms with Gasteiger partial charge in [-0.25, -0.2) is 18.0 Å². The highest BCUT2D eigenvalue weighted by Crippen LogP contribution is 2.29. The number of carbonyl (C=O) groups excluding carboxylic acids is 3. The van der Waals surface area contributed by atoms with Crippen molar-refractivity contribution in [3.05, 3.63) is 87.9 Å². The highest BCUT2D eigenvalue weighted by molar-refractivity contribution is 7.89. The number of methoxy groups -OCH3 is 1. The van der Waals surface area contributed by atoms with Crippen LogP contribution < -0.4 is 15.5 Å². The Balaban J connectivity index is 1.47. The molecule has 0 unspecified atom stereocenters. The van der Waals surface area contributed by atoms with Crippen LogP contribution in [0.3, 0.4) is 0 Å². The van der Waals surface area contributed by atoms with Crippen molar-refractivity contribution in [3.8, 4) is 0 Å². The monoisotopic (exact) mass is 646 g/mol. The van der Waals surface area contributed by atoms with Gasteiger partial charge in [0.15, 0.2) is 0 Å². The lowest BCUT2D eigenvalue weighted by atomic mass is 10.1. The fourth-order valence-electron chi connectivity index (χ4n) is 4.76. The summed E-state index contributed by atoms with van der Waals surface area (Å²) < 4.78 is 33.2. The topological polar surface area (TPSA) is 125 Å². The Hall–Kier alpha value is -3.64. The van der Waals surface area contributed by atoms with Crippen molar-refractivity contribution in [1.29, 1.82) is 0 Å². The number of rotatable bonds is 9. The van der Waals surface area contributed by atoms with Crippen LogP contribution in [0.2, 0.25) is 10.0 Å². The van der Waals surface area contributed by atoms with Gasteiger partial charge in [0.1, 0.15) is 10.9 Å². The van der Waals surface area contributed by atoms with E-state index >= 15 is 0 Å². The van der Waals surface area contributed by atoms with E-state index in [4.69, 9.17) is 27.9 Å². The fourth-order valence-corrected chi connectivity index (χ4v) is 7.06. The highest BCUT2D eigenvalue weighted by atomic mass is 35.5. The number of esters is 1. The number of hydrogen-bond acceptors (Lipinski definition) is 6. The number of nitrogens with one attached hydrogen (secondary N) is 2. The first kappa shape index (κ1) is 32.3. The molecule has 3 aromatic carbocycles. The van der Waals surface area contributed by atoms with Crippen LogP contribution in [0.25, 0.3) is 0 Å². The number of hydrogen-bond donors (Lipinski definition) is 2. The average molecular weight is 648 g/mol. The molecule has 0 aromatic heterocycles. The van der Waals surface area contributed by atoms with Crippen LogP contribution in [0, 0.1) is 0 Å². The number of anilines is 2. The first-order valence-electron chi connectivity index (χ1n) is 13.6. The van der Waals surface area contributed by atoms with Crippen LogP contribution in [-0.2, 0) is 26.0 Å². The summed E-state index contributed by atoms with van der Waals surface area (Å²) in [6.45, 7) is 0.848. The molecule has 4 rings (SSSR count). The first-order valence-corrected chi connectivity index (χ1v) is 15.8. The molecular formula is C30H32Cl2N4O6S. The summed E-state index contributed by atoms with van der Waals surface area (Å²) in [7, 11) is -1.18. The summed E-state index contributed by atoms with van der Waals surface area (Å²) in [6.07, 6.45) is 2.60. The number of urea groups is 1. The van der Waals surface area contributed by atoms with E-state index in [1.807, 2.05) is 0 Å². The zero-order valence-corrected chi connectivity index (χ0v) is 26.0. The van der Waals surface area contributed by atoms with Gasteiger partial charge in [0.05, 0.1) is 28.4 Å². The van der Waals surface area contributed by atoms with Crippen LogP contribution in [0.1, 0.15) is 35.2 Å². The second kappa shape index (κ2) is 14.2. The van der Waals surface area contributed by atoms with Gasteiger partial charge in [0.2, 0.25) is 10.0 Å². The van der Waals surface area contributed by atoms with E-state index in [2.05, 4.69) is 10.6 Å². The van der Waals surface area contributed by atoms with Crippen molar-refractivity contribution in [2.45, 2.75) is 36.6 Å². The number of para-hydroxylation sites is 1. The minimum absolute atomic E-state index is 0.0138. The smallest absolute Gasteiger partial charge is 0.328 e. The van der Waals surface area contributed by atoms with E-state index in [9.17, 15) is 22.8 Å². The molecule has 0 spiro atoms. The summed E-state index contributed by atoms with van der Waals surface area (Å²) in [5.74, 6) is -1.16. The van der Waals surface area contributed by atoms with Gasteiger partial charge >= 0.3 is 12.0 Å². The van der Waals surface area contributed by atoms with Crippen molar-refractivity contribution in [2.75, 3.05) is 37.5 Å². The predicted octanol–water partition coefficient (Wildman–Crippen LogP) is 5.35. The van der Waals surface area contributed by atoms with Gasteiger partial charge in [-0.1, -0.05) is 60.0 Å². The van der Waals surface area contributed by atoms with Gasteiger partial charge < -0.3 is 15.4 Å². The summed E-state index contributed by atoms with van der Waals surface area (Å²) in [4.78, 5) is 39.8. The van der Waals surface area contributed by atoms with Crippen LogP contribution in [-0.4, -0.2) is 63.9 Å². The Morgan fingerprint density at radius 2 is 1.56 bits per heavy atom. The zero-order valence-electron chi connectivity index (χ0n) is 23.7. The normalized spacial score (nSPS) is 14.4. The first-order chi connectivity index (χ1) is 20.5. The molecular weight excluding hydrogens is 615 g/mol. The SMILES string of the molecule is COC(=O)[C@H](Cc1ccc(NC(=O)c2c(Cl)cccc2Cl)cc1)NC(=O)N(C)c1ccccc1S(=O)(=O)N1CCCCC1. The Labute approximate surface area is 261 Å². The molecule has 3 aromatic rings. The molecule has 3 amide bonds. The summed E-state index contributed by atoms with van der Waals surface area (Å²) in [5.41, 5.74) is 1.47. The number of nitrogens with zero attached hydrogens (tertiary/aromatic N) is 2. The van der Waals surface area contributed by atoms with Crippen molar-refractivity contribution in [3.63, 3.8) is 0 Å². The minimum atomic E-state index is -3.83. The van der Waals surface area contributed by atoms with Gasteiger partial charge in [-0.05, 0) is 54.8 Å². The van der Waals surface area contributed by atoms with Gasteiger partial charge in [-0.2, -0.15) is 4.31 Å². The molecule has 1 aliphatic heterocycles. The third-order valence-electron chi connectivity index (χ3n) is 7.09. The lowest BCUT2D eigenvalue weighted by Gasteiger charge is -2.29. The maximum Gasteiger partial charge on any atom is 0.328 e. The van der Waals surface area contributed by atoms with E-state index in [0.29, 0.717) is 24.3 Å². The van der Waals surface area contributed by atoms with Crippen molar-refractivity contribution in [2.24, 2.45) is 0 Å². The average Bonchev–Trinajstić information content (AvgIpc) is 3.01. The lowest BCUT2D eigenvalue weighted by Crippen LogP contribution is -2.48. The third-order valence-corrected chi connectivity index (χ3v) is 9.66. The van der Waals surface area contributed by atoms with Crippen LogP contribution >= 0.6 is 23.2 Å². The Morgan fingerprint density at radius 3 is 2.19 bits per heavy atom. The molecule has 1 atom stereocenters. The molecule has 10 nitrogen and oxygen atoms in total. The number of piperidine rings is 1. The van der Waals surface area contributed by atoms with Gasteiger partial charge in [0, 0.05) is 32.2 Å². The number of sulfonamides is 1. The van der Waals surface area contributed by atoms with Crippen molar-refractivity contribution >= 4 is 62.5 Å². The molecule has 2 N–H and O–H groups in total. The van der Waals surface area contributed by atoms with Crippen LogP contribution in [0.5, 0.6) is 0 Å². The zero-order chi connectivity index (χ0) is 31.1. The molecule has 1 fully saturated rings. The second-order valence-electron chi connectivity index (χ2n) is 9.97. The predicted molar refractivity (Wildman–Crippen MR) is 166 cm³/mol. The number of halogens is 2. The van der Waals surface area contributed by atoms with Crippen molar-refractivity contribution in [1.82, 2.24) is 9.62 Å². The quantitative estimate of drug-likeness (QED) is 0.302. The molecule has 0 bridgehead atoms. The highest BCUT2D eigenvalue weighted by Gasteiger charge is 2.31. The van der Waals surface area contributed by atoms with E-state index < -0.39 is 34.0 Å². The molecule has 1 heterocycles. The molecule has 0 saturated carbocycles. The molecule has 43 heavy (non-hydrogen) atoms. The summed E-state index contributed by atoms with van der Waals surface area (Å²) in [5, 5.41) is 5.83. The van der Waals surface area contributed by atoms with E-state index in [-0.39, 0.29) is 32.6 Å². The fraction of sp³-hybridized carbons (Fsp3) is 0.300. The minimum Gasteiger partial charge on any atom is -0.467 e. The Morgan fingerprint density at radius 1 is 0.930 bits per heavy atom. The number of amides is 3. The maximum absolute atomic E-state index is 13.4. The lowest BCUT2D eigenvalue weighted by molar-refractivity contribution is -0.142. The largest absolute Gasteiger partial charge is 0.467 e. The van der Waals surface area contributed by atoms with E-state index in [1.165, 1.54) is 29.4 Å². The molecule has 0 radical (unpaired) electrons. The Kier molecular flexibility index (Phi) is 10.7. The standard InChI is InChI=1S/C30H32Cl2N4O6S/c1-35(25-11-4-5-12-26(25)43(40,41)36-17-6-3-7-18-36)30(39)34-24(29(38)42-2)19-20-13-15-21(16-14-20)33-28(37)27-22(31)9-8-10-23(27)32/h4-5,8-16,24H,3,6-7,17-19H2,1-2H3,(H,33,37)(H,34,39)/t24-/m0/s1. The van der Waals surface area contributed by atoms with E-state index in [1.54, 1.807) is 60.7 Å². The summed E-state index contributed by atoms with van der Waals surface area (Å²) in [6, 6.07) is 16.0. The van der Waals surface area contributed by atoms with Crippen molar-refractivity contribution < 1.29 is 27.5 Å². The Bertz CT molecular complexity index is 1570. The van der Waals surface area contributed by atoms with Gasteiger partial charge in [-0.15, -0.1) is 0 Å². The molecule has 13 heteroatoms. The summed E-state index contributed by atoms with van der Waals surface area (Å²) >= 11 is 12.3. The third kappa shape index (κ3) is 7.66. The molecule has 1 saturated heterocycles. The number of carbonyl (C=O) groups is 3. The maximum atomic E-state index is 13.4. The van der Waals surface area contributed by atoms with E-state index in [0.717, 1.165) is 19.3 Å².